The van der Waals surface area contributed by atoms with Gasteiger partial charge in [-0.25, -0.2) is 0 Å². The van der Waals surface area contributed by atoms with Crippen LogP contribution in [-0.2, 0) is 0 Å². The summed E-state index contributed by atoms with van der Waals surface area (Å²) in [6.45, 7) is 9.93. The molecule has 206 valence electrons. The van der Waals surface area contributed by atoms with E-state index in [9.17, 15) is 0 Å². The van der Waals surface area contributed by atoms with Crippen molar-refractivity contribution in [1.29, 1.82) is 0 Å². The van der Waals surface area contributed by atoms with Crippen LogP contribution in [0, 0.1) is 6.92 Å². The summed E-state index contributed by atoms with van der Waals surface area (Å²) in [5.74, 6) is 0. The highest BCUT2D eigenvalue weighted by Crippen LogP contribution is 2.48. The molecule has 0 saturated carbocycles. The summed E-state index contributed by atoms with van der Waals surface area (Å²) in [5, 5.41) is 3.83. The number of hydrogen-bond donors (Lipinski definition) is 1. The highest BCUT2D eigenvalue weighted by atomic mass is 32.1. The summed E-state index contributed by atoms with van der Waals surface area (Å²) in [5.41, 5.74) is 12.1. The SMILES string of the molecule is C=C/C=C\c1cc2c(cc(-c3cccc(/C=C\C=C)c3C)c3sc4c(-c5ccc(-c6ccccc6)cc5)cccc4c32)[nH]1. The molecule has 0 radical (unpaired) electrons. The molecule has 0 saturated heterocycles. The lowest BCUT2D eigenvalue weighted by Crippen LogP contribution is -1.88. The minimum Gasteiger partial charge on any atom is -0.355 e. The van der Waals surface area contributed by atoms with Crippen molar-refractivity contribution in [3.63, 3.8) is 0 Å². The fourth-order valence-corrected chi connectivity index (χ4v) is 7.44. The van der Waals surface area contributed by atoms with E-state index >= 15 is 0 Å². The smallest absolute Gasteiger partial charge is 0.0472 e. The molecule has 2 heterocycles. The summed E-state index contributed by atoms with van der Waals surface area (Å²) >= 11 is 1.90. The molecule has 1 N–H and O–H groups in total. The van der Waals surface area contributed by atoms with Crippen LogP contribution in [0.15, 0.2) is 141 Å². The lowest BCUT2D eigenvalue weighted by molar-refractivity contribution is 1.42. The normalized spacial score (nSPS) is 11.8. The summed E-state index contributed by atoms with van der Waals surface area (Å²) in [7, 11) is 0. The first-order valence-corrected chi connectivity index (χ1v) is 15.3. The van der Waals surface area contributed by atoms with Gasteiger partial charge >= 0.3 is 0 Å². The lowest BCUT2D eigenvalue weighted by Gasteiger charge is -2.11. The van der Waals surface area contributed by atoms with Gasteiger partial charge in [-0.05, 0) is 64.1 Å². The van der Waals surface area contributed by atoms with Crippen molar-refractivity contribution in [2.45, 2.75) is 6.92 Å². The van der Waals surface area contributed by atoms with E-state index in [1.165, 1.54) is 70.1 Å². The molecule has 7 aromatic rings. The molecule has 0 bridgehead atoms. The third-order valence-electron chi connectivity index (χ3n) is 8.18. The maximum absolute atomic E-state index is 3.86. The van der Waals surface area contributed by atoms with Gasteiger partial charge in [-0.15, -0.1) is 11.3 Å². The number of benzene rings is 5. The van der Waals surface area contributed by atoms with Crippen molar-refractivity contribution < 1.29 is 0 Å². The van der Waals surface area contributed by atoms with Crippen molar-refractivity contribution in [2.24, 2.45) is 0 Å². The molecule has 0 atom stereocenters. The van der Waals surface area contributed by atoms with Gasteiger partial charge in [-0.2, -0.15) is 0 Å². The topological polar surface area (TPSA) is 15.8 Å². The maximum atomic E-state index is 3.86. The fourth-order valence-electron chi connectivity index (χ4n) is 6.06. The number of thiophene rings is 1. The molecule has 1 nitrogen and oxygen atoms in total. The van der Waals surface area contributed by atoms with Gasteiger partial charge in [-0.1, -0.05) is 135 Å². The molecule has 0 aliphatic carbocycles. The van der Waals surface area contributed by atoms with Crippen LogP contribution in [0.1, 0.15) is 16.8 Å². The van der Waals surface area contributed by atoms with Crippen LogP contribution in [0.25, 0.3) is 76.6 Å². The number of aromatic amines is 1. The highest BCUT2D eigenvalue weighted by Gasteiger charge is 2.19. The Hall–Kier alpha value is -5.18. The molecule has 43 heavy (non-hydrogen) atoms. The van der Waals surface area contributed by atoms with Gasteiger partial charge in [0.05, 0.1) is 0 Å². The molecule has 0 spiro atoms. The third kappa shape index (κ3) is 4.76. The van der Waals surface area contributed by atoms with Crippen molar-refractivity contribution >= 4 is 54.6 Å². The summed E-state index contributed by atoms with van der Waals surface area (Å²) in [6, 6.07) is 37.4. The van der Waals surface area contributed by atoms with E-state index in [-0.39, 0.29) is 0 Å². The highest BCUT2D eigenvalue weighted by molar-refractivity contribution is 7.27. The van der Waals surface area contributed by atoms with Crippen molar-refractivity contribution in [1.82, 2.24) is 4.98 Å². The van der Waals surface area contributed by atoms with Crippen molar-refractivity contribution in [3.8, 4) is 33.4 Å². The standard InChI is InChI=1S/C41H31NS/c1-4-6-13-28-16-11-18-33(27(28)3)36-26-38-37(25-32(42-38)17-7-5-2)39-35-20-12-19-34(40(35)43-41(36)39)31-23-21-30(22-24-31)29-14-9-8-10-15-29/h4-26,42H,1-2H2,3H3/b13-6-,17-7-. The Morgan fingerprint density at radius 2 is 1.30 bits per heavy atom. The van der Waals surface area contributed by atoms with Crippen LogP contribution in [-0.4, -0.2) is 4.98 Å². The Morgan fingerprint density at radius 1 is 0.605 bits per heavy atom. The zero-order valence-corrected chi connectivity index (χ0v) is 24.9. The molecule has 2 aromatic heterocycles. The Morgan fingerprint density at radius 3 is 2.09 bits per heavy atom. The van der Waals surface area contributed by atoms with Gasteiger partial charge in [0.25, 0.3) is 0 Å². The number of aromatic nitrogens is 1. The first kappa shape index (κ1) is 26.7. The number of rotatable bonds is 7. The lowest BCUT2D eigenvalue weighted by atomic mass is 9.93. The molecule has 2 heteroatoms. The summed E-state index contributed by atoms with van der Waals surface area (Å²) < 4.78 is 2.62. The van der Waals surface area contributed by atoms with E-state index in [0.29, 0.717) is 0 Å². The van der Waals surface area contributed by atoms with E-state index in [4.69, 9.17) is 0 Å². The van der Waals surface area contributed by atoms with E-state index in [1.807, 2.05) is 35.6 Å². The molecule has 0 aliphatic rings. The second kappa shape index (κ2) is 11.2. The molecule has 0 unspecified atom stereocenters. The van der Waals surface area contributed by atoms with E-state index in [2.05, 4.69) is 140 Å². The van der Waals surface area contributed by atoms with Crippen molar-refractivity contribution in [2.75, 3.05) is 0 Å². The van der Waals surface area contributed by atoms with Gasteiger partial charge < -0.3 is 4.98 Å². The Labute approximate surface area is 256 Å². The van der Waals surface area contributed by atoms with Crippen molar-refractivity contribution in [3.05, 3.63) is 157 Å². The predicted molar refractivity (Wildman–Crippen MR) is 191 cm³/mol. The average molecular weight is 570 g/mol. The van der Waals surface area contributed by atoms with E-state index < -0.39 is 0 Å². The monoisotopic (exact) mass is 569 g/mol. The molecular formula is C41H31NS. The van der Waals surface area contributed by atoms with E-state index in [0.717, 1.165) is 11.2 Å². The maximum Gasteiger partial charge on any atom is 0.0472 e. The van der Waals surface area contributed by atoms with Gasteiger partial charge in [0.15, 0.2) is 0 Å². The van der Waals surface area contributed by atoms with Crippen LogP contribution in [0.4, 0.5) is 0 Å². The van der Waals surface area contributed by atoms with Gasteiger partial charge in [0.2, 0.25) is 0 Å². The Kier molecular flexibility index (Phi) is 6.98. The van der Waals surface area contributed by atoms with Crippen LogP contribution in [0.5, 0.6) is 0 Å². The number of H-pyrrole nitrogens is 1. The first-order chi connectivity index (χ1) is 21.2. The molecule has 0 aliphatic heterocycles. The summed E-state index contributed by atoms with van der Waals surface area (Å²) in [4.78, 5) is 3.67. The number of nitrogens with one attached hydrogen (secondary N) is 1. The molecule has 7 rings (SSSR count). The second-order valence-corrected chi connectivity index (χ2v) is 11.8. The van der Waals surface area contributed by atoms with Crippen LogP contribution in [0.3, 0.4) is 0 Å². The minimum atomic E-state index is 1.07. The Bertz CT molecular complexity index is 2200. The fraction of sp³-hybridized carbons (Fsp3) is 0.0244. The quantitative estimate of drug-likeness (QED) is 0.184. The molecule has 0 fully saturated rings. The molecular weight excluding hydrogens is 539 g/mol. The average Bonchev–Trinajstić information content (AvgIpc) is 3.65. The Balaban J connectivity index is 1.49. The number of fused-ring (bicyclic) bond motifs is 5. The zero-order chi connectivity index (χ0) is 29.3. The predicted octanol–water partition coefficient (Wildman–Crippen LogP) is 12.2. The number of hydrogen-bond acceptors (Lipinski definition) is 1. The third-order valence-corrected chi connectivity index (χ3v) is 9.45. The van der Waals surface area contributed by atoms with Crippen LogP contribution in [0.2, 0.25) is 0 Å². The second-order valence-electron chi connectivity index (χ2n) is 10.8. The molecule has 0 amide bonds. The van der Waals surface area contributed by atoms with Gasteiger partial charge in [-0.3, -0.25) is 0 Å². The van der Waals surface area contributed by atoms with E-state index in [1.54, 1.807) is 0 Å². The largest absolute Gasteiger partial charge is 0.355 e. The first-order valence-electron chi connectivity index (χ1n) is 14.5. The zero-order valence-electron chi connectivity index (χ0n) is 24.1. The van der Waals surface area contributed by atoms with Crippen LogP contribution >= 0.6 is 11.3 Å². The molecule has 5 aromatic carbocycles. The van der Waals surface area contributed by atoms with Crippen LogP contribution < -0.4 is 0 Å². The number of allylic oxidation sites excluding steroid dienone is 4. The summed E-state index contributed by atoms with van der Waals surface area (Å²) in [6.07, 6.45) is 11.8. The van der Waals surface area contributed by atoms with Gasteiger partial charge in [0, 0.05) is 42.3 Å². The van der Waals surface area contributed by atoms with Gasteiger partial charge in [0.1, 0.15) is 0 Å². The minimum absolute atomic E-state index is 1.07.